The van der Waals surface area contributed by atoms with Crippen LogP contribution in [0.15, 0.2) is 11.4 Å². The third kappa shape index (κ3) is 5.69. The Morgan fingerprint density at radius 3 is 2.45 bits per heavy atom. The van der Waals surface area contributed by atoms with Crippen LogP contribution in [-0.4, -0.2) is 57.3 Å². The largest absolute Gasteiger partial charge is 0.465 e. The van der Waals surface area contributed by atoms with Gasteiger partial charge < -0.3 is 14.6 Å². The van der Waals surface area contributed by atoms with Crippen LogP contribution in [0.4, 0.5) is 0 Å². The van der Waals surface area contributed by atoms with Crippen LogP contribution < -0.4 is 5.32 Å². The molecular formula is C29H43N5O3S. The van der Waals surface area contributed by atoms with Crippen molar-refractivity contribution >= 4 is 23.2 Å². The highest BCUT2D eigenvalue weighted by Gasteiger charge is 2.42. The van der Waals surface area contributed by atoms with Crippen molar-refractivity contribution in [3.8, 4) is 0 Å². The number of hydrogen-bond acceptors (Lipinski definition) is 7. The van der Waals surface area contributed by atoms with E-state index in [2.05, 4.69) is 45.8 Å². The summed E-state index contributed by atoms with van der Waals surface area (Å²) in [5.74, 6) is 2.45. The van der Waals surface area contributed by atoms with Gasteiger partial charge in [-0.1, -0.05) is 33.1 Å². The second kappa shape index (κ2) is 11.9. The smallest absolute Gasteiger partial charge is 0.338 e. The normalized spacial score (nSPS) is 25.0. The maximum atomic E-state index is 13.2. The van der Waals surface area contributed by atoms with Gasteiger partial charge in [-0.25, -0.2) is 4.79 Å². The van der Waals surface area contributed by atoms with Gasteiger partial charge in [0.1, 0.15) is 11.6 Å². The Morgan fingerprint density at radius 2 is 1.79 bits per heavy atom. The van der Waals surface area contributed by atoms with E-state index in [1.165, 1.54) is 26.4 Å². The summed E-state index contributed by atoms with van der Waals surface area (Å²) in [6.07, 6.45) is 11.0. The van der Waals surface area contributed by atoms with E-state index < -0.39 is 0 Å². The number of esters is 1. The lowest BCUT2D eigenvalue weighted by atomic mass is 9.88. The zero-order valence-corrected chi connectivity index (χ0v) is 24.1. The fourth-order valence-electron chi connectivity index (χ4n) is 7.03. The lowest BCUT2D eigenvalue weighted by Crippen LogP contribution is -2.45. The van der Waals surface area contributed by atoms with Gasteiger partial charge in [0.2, 0.25) is 5.91 Å². The van der Waals surface area contributed by atoms with Gasteiger partial charge in [0, 0.05) is 46.8 Å². The Hall–Kier alpha value is -2.26. The van der Waals surface area contributed by atoms with Gasteiger partial charge in [0.25, 0.3) is 0 Å². The third-order valence-corrected chi connectivity index (χ3v) is 10.0. The van der Waals surface area contributed by atoms with Crippen LogP contribution in [0, 0.1) is 12.8 Å². The summed E-state index contributed by atoms with van der Waals surface area (Å²) in [4.78, 5) is 29.1. The summed E-state index contributed by atoms with van der Waals surface area (Å²) in [6, 6.07) is 3.37. The van der Waals surface area contributed by atoms with Crippen molar-refractivity contribution in [1.29, 1.82) is 0 Å². The van der Waals surface area contributed by atoms with Crippen molar-refractivity contribution in [2.75, 3.05) is 13.7 Å². The van der Waals surface area contributed by atoms with Crippen molar-refractivity contribution in [2.24, 2.45) is 5.92 Å². The topological polar surface area (TPSA) is 89.3 Å². The SMILES string of the molecule is COC(=O)c1csc([C@H](CCN2C3CCC2CC(n2c(C)nnc2C(C)C)C3)NC(=O)C2CCCCC2)c1. The molecule has 2 bridgehead atoms. The predicted molar refractivity (Wildman–Crippen MR) is 148 cm³/mol. The van der Waals surface area contributed by atoms with E-state index in [0.717, 1.165) is 68.0 Å². The van der Waals surface area contributed by atoms with Gasteiger partial charge >= 0.3 is 5.97 Å². The lowest BCUT2D eigenvalue weighted by Gasteiger charge is -2.40. The number of amides is 1. The number of fused-ring (bicyclic) bond motifs is 2. The fourth-order valence-corrected chi connectivity index (χ4v) is 7.99. The third-order valence-electron chi connectivity index (χ3n) is 8.99. The number of carbonyl (C=O) groups excluding carboxylic acids is 2. The number of nitrogens with one attached hydrogen (secondary N) is 1. The fraction of sp³-hybridized carbons (Fsp3) is 0.724. The van der Waals surface area contributed by atoms with Crippen molar-refractivity contribution in [2.45, 2.75) is 115 Å². The van der Waals surface area contributed by atoms with E-state index in [1.807, 2.05) is 11.4 Å². The number of hydrogen-bond donors (Lipinski definition) is 1. The number of aromatic nitrogens is 3. The Bertz CT molecular complexity index is 1110. The van der Waals surface area contributed by atoms with Crippen LogP contribution in [0.5, 0.6) is 0 Å². The molecule has 0 aromatic carbocycles. The van der Waals surface area contributed by atoms with E-state index in [-0.39, 0.29) is 23.8 Å². The molecule has 3 aliphatic rings. The number of ether oxygens (including phenoxy) is 1. The van der Waals surface area contributed by atoms with Crippen LogP contribution in [0.2, 0.25) is 0 Å². The molecular weight excluding hydrogens is 498 g/mol. The van der Waals surface area contributed by atoms with Crippen molar-refractivity contribution < 1.29 is 14.3 Å². The monoisotopic (exact) mass is 541 g/mol. The molecule has 2 aromatic heterocycles. The zero-order chi connectivity index (χ0) is 26.8. The standard InChI is InChI=1S/C29H43N5O3S/c1-18(2)27-32-31-19(3)34(27)24-15-22-10-11-23(16-24)33(22)13-12-25(26-14-21(17-38-26)29(36)37-4)30-28(35)20-8-6-5-7-9-20/h14,17-18,20,22-25H,5-13,15-16H2,1-4H3,(H,30,35)/t22?,23?,24?,25-/m0/s1. The Kier molecular flexibility index (Phi) is 8.53. The number of thiophene rings is 1. The lowest BCUT2D eigenvalue weighted by molar-refractivity contribution is -0.126. The number of nitrogens with zero attached hydrogens (tertiary/aromatic N) is 4. The van der Waals surface area contributed by atoms with Crippen molar-refractivity contribution in [1.82, 2.24) is 25.0 Å². The number of aryl methyl sites for hydroxylation is 1. The van der Waals surface area contributed by atoms with Gasteiger partial charge in [-0.2, -0.15) is 0 Å². The molecule has 3 atom stereocenters. The number of methoxy groups -OCH3 is 1. The summed E-state index contributed by atoms with van der Waals surface area (Å²) >= 11 is 1.55. The second-order valence-corrected chi connectivity index (χ2v) is 12.7. The maximum absolute atomic E-state index is 13.2. The molecule has 2 aromatic rings. The minimum atomic E-state index is -0.324. The van der Waals surface area contributed by atoms with Gasteiger partial charge in [-0.15, -0.1) is 21.5 Å². The summed E-state index contributed by atoms with van der Waals surface area (Å²) in [6.45, 7) is 7.42. The van der Waals surface area contributed by atoms with Crippen LogP contribution in [0.1, 0.15) is 123 Å². The molecule has 38 heavy (non-hydrogen) atoms. The molecule has 208 valence electrons. The molecule has 9 heteroatoms. The molecule has 5 rings (SSSR count). The van der Waals surface area contributed by atoms with Gasteiger partial charge in [-0.3, -0.25) is 9.69 Å². The highest BCUT2D eigenvalue weighted by atomic mass is 32.1. The van der Waals surface area contributed by atoms with E-state index in [4.69, 9.17) is 4.74 Å². The first kappa shape index (κ1) is 27.3. The molecule has 1 saturated carbocycles. The summed E-state index contributed by atoms with van der Waals surface area (Å²) < 4.78 is 7.33. The number of rotatable bonds is 9. The molecule has 1 N–H and O–H groups in total. The molecule has 2 aliphatic heterocycles. The molecule has 0 spiro atoms. The zero-order valence-electron chi connectivity index (χ0n) is 23.3. The molecule has 3 fully saturated rings. The van der Waals surface area contributed by atoms with E-state index in [9.17, 15) is 9.59 Å². The van der Waals surface area contributed by atoms with Crippen molar-refractivity contribution in [3.63, 3.8) is 0 Å². The predicted octanol–water partition coefficient (Wildman–Crippen LogP) is 5.55. The van der Waals surface area contributed by atoms with E-state index in [0.29, 0.717) is 29.6 Å². The summed E-state index contributed by atoms with van der Waals surface area (Å²) in [5, 5.41) is 14.1. The van der Waals surface area contributed by atoms with E-state index >= 15 is 0 Å². The quantitative estimate of drug-likeness (QED) is 0.419. The number of carbonyl (C=O) groups is 2. The van der Waals surface area contributed by atoms with Gasteiger partial charge in [-0.05, 0) is 57.9 Å². The van der Waals surface area contributed by atoms with Crippen LogP contribution in [0.3, 0.4) is 0 Å². The Labute approximate surface area is 230 Å². The highest BCUT2D eigenvalue weighted by molar-refractivity contribution is 7.10. The van der Waals surface area contributed by atoms with Gasteiger partial charge in [0.15, 0.2) is 0 Å². The van der Waals surface area contributed by atoms with Crippen LogP contribution in [0.25, 0.3) is 0 Å². The first-order valence-corrected chi connectivity index (χ1v) is 15.4. The second-order valence-electron chi connectivity index (χ2n) is 11.8. The van der Waals surface area contributed by atoms with Crippen LogP contribution >= 0.6 is 11.3 Å². The summed E-state index contributed by atoms with van der Waals surface area (Å²) in [5.41, 5.74) is 0.565. The molecule has 2 unspecified atom stereocenters. The molecule has 1 amide bonds. The first-order valence-electron chi connectivity index (χ1n) is 14.5. The molecule has 1 aliphatic carbocycles. The minimum Gasteiger partial charge on any atom is -0.465 e. The Morgan fingerprint density at radius 1 is 1.08 bits per heavy atom. The van der Waals surface area contributed by atoms with Crippen LogP contribution in [-0.2, 0) is 9.53 Å². The van der Waals surface area contributed by atoms with Gasteiger partial charge in [0.05, 0.1) is 18.7 Å². The average Bonchev–Trinajstić information content (AvgIpc) is 3.62. The number of piperidine rings is 1. The maximum Gasteiger partial charge on any atom is 0.338 e. The highest BCUT2D eigenvalue weighted by Crippen LogP contribution is 2.42. The average molecular weight is 542 g/mol. The Balaban J connectivity index is 1.28. The van der Waals surface area contributed by atoms with E-state index in [1.54, 1.807) is 11.3 Å². The molecule has 4 heterocycles. The molecule has 0 radical (unpaired) electrons. The van der Waals surface area contributed by atoms with Crippen molar-refractivity contribution in [3.05, 3.63) is 33.5 Å². The molecule has 8 nitrogen and oxygen atoms in total. The minimum absolute atomic E-state index is 0.0856. The molecule has 2 saturated heterocycles. The summed E-state index contributed by atoms with van der Waals surface area (Å²) in [7, 11) is 1.41. The first-order chi connectivity index (χ1) is 18.4.